The number of rotatable bonds is 3. The van der Waals surface area contributed by atoms with Gasteiger partial charge in [-0.1, -0.05) is 6.07 Å². The summed E-state index contributed by atoms with van der Waals surface area (Å²) in [5.74, 6) is 0.896. The van der Waals surface area contributed by atoms with Crippen LogP contribution in [0.4, 0.5) is 0 Å². The molecule has 66 valence electrons. The largest absolute Gasteiger partial charge is 0.497 e. The van der Waals surface area contributed by atoms with Crippen molar-refractivity contribution in [2.24, 2.45) is 0 Å². The van der Waals surface area contributed by atoms with Crippen molar-refractivity contribution in [2.45, 2.75) is 13.5 Å². The van der Waals surface area contributed by atoms with Gasteiger partial charge in [-0.15, -0.1) is 0 Å². The minimum atomic E-state index is 0.663. The fraction of sp³-hybridized carbons (Fsp3) is 0.400. The first-order valence-electron chi connectivity index (χ1n) is 3.90. The fourth-order valence-electron chi connectivity index (χ4n) is 1.11. The van der Waals surface area contributed by atoms with Crippen LogP contribution in [-0.4, -0.2) is 14.2 Å². The van der Waals surface area contributed by atoms with Crippen LogP contribution in [-0.2, 0) is 11.3 Å². The van der Waals surface area contributed by atoms with Gasteiger partial charge in [-0.3, -0.25) is 0 Å². The molecular formula is C10H14O2. The highest BCUT2D eigenvalue weighted by Crippen LogP contribution is 2.16. The van der Waals surface area contributed by atoms with Crippen LogP contribution in [0.5, 0.6) is 5.75 Å². The lowest BCUT2D eigenvalue weighted by Crippen LogP contribution is -1.92. The number of hydrogen-bond acceptors (Lipinski definition) is 2. The Balaban J connectivity index is 2.87. The molecule has 0 aliphatic heterocycles. The lowest BCUT2D eigenvalue weighted by Gasteiger charge is -2.06. The molecule has 0 aliphatic carbocycles. The zero-order valence-corrected chi connectivity index (χ0v) is 7.76. The summed E-state index contributed by atoms with van der Waals surface area (Å²) in [5, 5.41) is 0. The highest BCUT2D eigenvalue weighted by atomic mass is 16.5. The van der Waals surface area contributed by atoms with Gasteiger partial charge in [-0.05, 0) is 30.2 Å². The van der Waals surface area contributed by atoms with Gasteiger partial charge >= 0.3 is 0 Å². The molecule has 0 saturated heterocycles. The lowest BCUT2D eigenvalue weighted by molar-refractivity contribution is 0.184. The summed E-state index contributed by atoms with van der Waals surface area (Å²) in [6.45, 7) is 2.71. The highest BCUT2D eigenvalue weighted by molar-refractivity contribution is 5.34. The van der Waals surface area contributed by atoms with Crippen molar-refractivity contribution < 1.29 is 9.47 Å². The first-order chi connectivity index (χ1) is 5.77. The van der Waals surface area contributed by atoms with E-state index in [1.165, 1.54) is 11.1 Å². The van der Waals surface area contributed by atoms with E-state index in [0.717, 1.165) is 5.75 Å². The second-order valence-corrected chi connectivity index (χ2v) is 2.73. The lowest BCUT2D eigenvalue weighted by atomic mass is 10.1. The van der Waals surface area contributed by atoms with Crippen LogP contribution in [0.15, 0.2) is 18.2 Å². The minimum absolute atomic E-state index is 0.663. The molecule has 0 atom stereocenters. The maximum atomic E-state index is 5.09. The maximum absolute atomic E-state index is 5.09. The summed E-state index contributed by atoms with van der Waals surface area (Å²) in [5.41, 5.74) is 2.41. The number of methoxy groups -OCH3 is 2. The van der Waals surface area contributed by atoms with Crippen LogP contribution in [0.3, 0.4) is 0 Å². The number of benzene rings is 1. The second kappa shape index (κ2) is 4.12. The van der Waals surface area contributed by atoms with Gasteiger partial charge in [0, 0.05) is 7.11 Å². The molecule has 0 fully saturated rings. The Kier molecular flexibility index (Phi) is 3.11. The SMILES string of the molecule is COCc1ccc(OC)cc1C. The van der Waals surface area contributed by atoms with Crippen LogP contribution in [0.25, 0.3) is 0 Å². The monoisotopic (exact) mass is 166 g/mol. The predicted octanol–water partition coefficient (Wildman–Crippen LogP) is 2.15. The molecule has 0 bridgehead atoms. The normalized spacial score (nSPS) is 9.92. The Morgan fingerprint density at radius 2 is 2.00 bits per heavy atom. The van der Waals surface area contributed by atoms with E-state index in [1.54, 1.807) is 14.2 Å². The Morgan fingerprint density at radius 1 is 1.25 bits per heavy atom. The van der Waals surface area contributed by atoms with Gasteiger partial charge in [0.15, 0.2) is 0 Å². The van der Waals surface area contributed by atoms with Crippen molar-refractivity contribution in [3.63, 3.8) is 0 Å². The quantitative estimate of drug-likeness (QED) is 0.685. The third-order valence-corrected chi connectivity index (χ3v) is 1.85. The molecule has 0 spiro atoms. The molecule has 2 nitrogen and oxygen atoms in total. The Hall–Kier alpha value is -1.02. The van der Waals surface area contributed by atoms with Gasteiger partial charge in [-0.25, -0.2) is 0 Å². The first-order valence-corrected chi connectivity index (χ1v) is 3.90. The number of aryl methyl sites for hydroxylation is 1. The van der Waals surface area contributed by atoms with Gasteiger partial charge in [0.05, 0.1) is 13.7 Å². The van der Waals surface area contributed by atoms with E-state index in [0.29, 0.717) is 6.61 Å². The van der Waals surface area contributed by atoms with E-state index in [4.69, 9.17) is 9.47 Å². The van der Waals surface area contributed by atoms with Gasteiger partial charge in [0.2, 0.25) is 0 Å². The Bertz CT molecular complexity index is 256. The van der Waals surface area contributed by atoms with Crippen LogP contribution in [0.2, 0.25) is 0 Å². The highest BCUT2D eigenvalue weighted by Gasteiger charge is 1.98. The van der Waals surface area contributed by atoms with Crippen molar-refractivity contribution >= 4 is 0 Å². The van der Waals surface area contributed by atoms with E-state index in [-0.39, 0.29) is 0 Å². The van der Waals surface area contributed by atoms with E-state index >= 15 is 0 Å². The Morgan fingerprint density at radius 3 is 2.50 bits per heavy atom. The molecule has 0 radical (unpaired) electrons. The van der Waals surface area contributed by atoms with Crippen molar-refractivity contribution in [3.05, 3.63) is 29.3 Å². The number of hydrogen-bond donors (Lipinski definition) is 0. The summed E-state index contributed by atoms with van der Waals surface area (Å²) >= 11 is 0. The summed E-state index contributed by atoms with van der Waals surface area (Å²) in [6.07, 6.45) is 0. The summed E-state index contributed by atoms with van der Waals surface area (Å²) in [7, 11) is 3.37. The smallest absolute Gasteiger partial charge is 0.119 e. The molecule has 0 N–H and O–H groups in total. The predicted molar refractivity (Wildman–Crippen MR) is 48.4 cm³/mol. The Labute approximate surface area is 73.1 Å². The van der Waals surface area contributed by atoms with Gasteiger partial charge in [0.25, 0.3) is 0 Å². The minimum Gasteiger partial charge on any atom is -0.497 e. The number of ether oxygens (including phenoxy) is 2. The van der Waals surface area contributed by atoms with E-state index in [9.17, 15) is 0 Å². The van der Waals surface area contributed by atoms with Crippen LogP contribution >= 0.6 is 0 Å². The van der Waals surface area contributed by atoms with Crippen molar-refractivity contribution in [3.8, 4) is 5.75 Å². The van der Waals surface area contributed by atoms with Crippen molar-refractivity contribution in [2.75, 3.05) is 14.2 Å². The molecule has 1 aromatic rings. The van der Waals surface area contributed by atoms with Crippen molar-refractivity contribution in [1.82, 2.24) is 0 Å². The summed E-state index contributed by atoms with van der Waals surface area (Å²) in [4.78, 5) is 0. The molecule has 2 heteroatoms. The standard InChI is InChI=1S/C10H14O2/c1-8-6-10(12-3)5-4-9(8)7-11-2/h4-6H,7H2,1-3H3. The summed E-state index contributed by atoms with van der Waals surface area (Å²) in [6, 6.07) is 5.98. The van der Waals surface area contributed by atoms with Crippen molar-refractivity contribution in [1.29, 1.82) is 0 Å². The third-order valence-electron chi connectivity index (χ3n) is 1.85. The fourth-order valence-corrected chi connectivity index (χ4v) is 1.11. The zero-order chi connectivity index (χ0) is 8.97. The summed E-state index contributed by atoms with van der Waals surface area (Å²) < 4.78 is 10.1. The van der Waals surface area contributed by atoms with E-state index in [1.807, 2.05) is 18.2 Å². The maximum Gasteiger partial charge on any atom is 0.119 e. The van der Waals surface area contributed by atoms with Gasteiger partial charge < -0.3 is 9.47 Å². The molecule has 1 rings (SSSR count). The second-order valence-electron chi connectivity index (χ2n) is 2.73. The topological polar surface area (TPSA) is 18.5 Å². The molecule has 0 unspecified atom stereocenters. The van der Waals surface area contributed by atoms with Crippen LogP contribution in [0.1, 0.15) is 11.1 Å². The molecular weight excluding hydrogens is 152 g/mol. The molecule has 0 aromatic heterocycles. The average molecular weight is 166 g/mol. The first kappa shape index (κ1) is 9.07. The third kappa shape index (κ3) is 1.98. The molecule has 0 saturated carbocycles. The van der Waals surface area contributed by atoms with E-state index < -0.39 is 0 Å². The average Bonchev–Trinajstić information content (AvgIpc) is 2.09. The van der Waals surface area contributed by atoms with Gasteiger partial charge in [-0.2, -0.15) is 0 Å². The van der Waals surface area contributed by atoms with Gasteiger partial charge in [0.1, 0.15) is 5.75 Å². The molecule has 1 aromatic carbocycles. The molecule has 0 aliphatic rings. The molecule has 0 amide bonds. The van der Waals surface area contributed by atoms with Crippen LogP contribution in [0, 0.1) is 6.92 Å². The van der Waals surface area contributed by atoms with Crippen LogP contribution < -0.4 is 4.74 Å². The molecule has 0 heterocycles. The zero-order valence-electron chi connectivity index (χ0n) is 7.76. The van der Waals surface area contributed by atoms with E-state index in [2.05, 4.69) is 6.92 Å². The molecule has 12 heavy (non-hydrogen) atoms.